The van der Waals surface area contributed by atoms with Crippen LogP contribution in [0.15, 0.2) is 10.9 Å². The minimum absolute atomic E-state index is 0.0663. The number of H-pyrrole nitrogens is 1. The van der Waals surface area contributed by atoms with Crippen LogP contribution in [-0.2, 0) is 4.74 Å². The fourth-order valence-electron chi connectivity index (χ4n) is 2.09. The van der Waals surface area contributed by atoms with E-state index in [2.05, 4.69) is 20.2 Å². The molecule has 3 heterocycles. The molecular weight excluding hydrogens is 220 g/mol. The van der Waals surface area contributed by atoms with E-state index in [4.69, 9.17) is 4.74 Å². The zero-order chi connectivity index (χ0) is 11.7. The maximum absolute atomic E-state index is 11.6. The van der Waals surface area contributed by atoms with Crippen LogP contribution in [0, 0.1) is 0 Å². The Labute approximate surface area is 99.0 Å². The molecule has 0 aromatic carbocycles. The van der Waals surface area contributed by atoms with Gasteiger partial charge in [0.05, 0.1) is 13.2 Å². The molecule has 0 bridgehead atoms. The van der Waals surface area contributed by atoms with Gasteiger partial charge < -0.3 is 19.9 Å². The molecule has 0 spiro atoms. The molecule has 0 amide bonds. The topological polar surface area (TPSA) is 70.2 Å². The largest absolute Gasteiger partial charge is 0.378 e. The first-order chi connectivity index (χ1) is 8.33. The standard InChI is InChI=1S/C11H16N4O2/c16-10-5-9(15-1-3-17-4-2-15)13-11(14-10)8-6-12-7-8/h5,8,12H,1-4,6-7H2,(H,13,14,16). The van der Waals surface area contributed by atoms with Crippen molar-refractivity contribution in [2.45, 2.75) is 5.92 Å². The number of anilines is 1. The monoisotopic (exact) mass is 236 g/mol. The molecule has 0 unspecified atom stereocenters. The highest BCUT2D eigenvalue weighted by Gasteiger charge is 2.23. The Balaban J connectivity index is 1.87. The van der Waals surface area contributed by atoms with E-state index in [1.165, 1.54) is 0 Å². The van der Waals surface area contributed by atoms with Crippen LogP contribution in [0.3, 0.4) is 0 Å². The van der Waals surface area contributed by atoms with Crippen LogP contribution in [0.1, 0.15) is 11.7 Å². The smallest absolute Gasteiger partial charge is 0.252 e. The van der Waals surface area contributed by atoms with Crippen molar-refractivity contribution in [2.75, 3.05) is 44.3 Å². The lowest BCUT2D eigenvalue weighted by Gasteiger charge is -2.30. The predicted octanol–water partition coefficient (Wildman–Crippen LogP) is -0.707. The molecule has 0 radical (unpaired) electrons. The number of aromatic amines is 1. The SMILES string of the molecule is O=c1cc(N2CCOCC2)nc(C2CNC2)[nH]1. The summed E-state index contributed by atoms with van der Waals surface area (Å²) in [6, 6.07) is 1.57. The molecular formula is C11H16N4O2. The van der Waals surface area contributed by atoms with Crippen molar-refractivity contribution in [3.05, 3.63) is 22.2 Å². The van der Waals surface area contributed by atoms with Gasteiger partial charge in [-0.25, -0.2) is 4.98 Å². The first kappa shape index (κ1) is 10.7. The molecule has 92 valence electrons. The Kier molecular flexibility index (Phi) is 2.82. The second kappa shape index (κ2) is 4.46. The third kappa shape index (κ3) is 2.18. The highest BCUT2D eigenvalue weighted by molar-refractivity contribution is 5.38. The van der Waals surface area contributed by atoms with Crippen molar-refractivity contribution in [3.63, 3.8) is 0 Å². The van der Waals surface area contributed by atoms with Gasteiger partial charge in [0, 0.05) is 38.2 Å². The van der Waals surface area contributed by atoms with Crippen LogP contribution in [0.25, 0.3) is 0 Å². The zero-order valence-electron chi connectivity index (χ0n) is 9.61. The maximum atomic E-state index is 11.6. The summed E-state index contributed by atoms with van der Waals surface area (Å²) in [6.45, 7) is 4.81. The number of nitrogens with zero attached hydrogens (tertiary/aromatic N) is 2. The van der Waals surface area contributed by atoms with Crippen molar-refractivity contribution in [1.82, 2.24) is 15.3 Å². The molecule has 1 aromatic rings. The molecule has 1 aromatic heterocycles. The van der Waals surface area contributed by atoms with Crippen LogP contribution in [0.2, 0.25) is 0 Å². The second-order valence-electron chi connectivity index (χ2n) is 4.44. The van der Waals surface area contributed by atoms with E-state index in [1.807, 2.05) is 0 Å². The molecule has 0 atom stereocenters. The summed E-state index contributed by atoms with van der Waals surface area (Å²) >= 11 is 0. The first-order valence-corrected chi connectivity index (χ1v) is 5.97. The van der Waals surface area contributed by atoms with Gasteiger partial charge in [0.25, 0.3) is 5.56 Å². The summed E-state index contributed by atoms with van der Waals surface area (Å²) < 4.78 is 5.30. The van der Waals surface area contributed by atoms with E-state index in [0.29, 0.717) is 19.1 Å². The van der Waals surface area contributed by atoms with Gasteiger partial charge in [-0.05, 0) is 0 Å². The van der Waals surface area contributed by atoms with Crippen LogP contribution < -0.4 is 15.8 Å². The van der Waals surface area contributed by atoms with E-state index < -0.39 is 0 Å². The Morgan fingerprint density at radius 2 is 2.12 bits per heavy atom. The minimum atomic E-state index is -0.0663. The molecule has 2 N–H and O–H groups in total. The molecule has 2 fully saturated rings. The van der Waals surface area contributed by atoms with E-state index in [1.54, 1.807) is 6.07 Å². The number of nitrogens with one attached hydrogen (secondary N) is 2. The molecule has 2 aliphatic rings. The van der Waals surface area contributed by atoms with Gasteiger partial charge in [-0.3, -0.25) is 4.79 Å². The molecule has 17 heavy (non-hydrogen) atoms. The van der Waals surface area contributed by atoms with Gasteiger partial charge in [0.1, 0.15) is 11.6 Å². The molecule has 6 nitrogen and oxygen atoms in total. The Bertz CT molecular complexity index is 449. The van der Waals surface area contributed by atoms with Crippen molar-refractivity contribution < 1.29 is 4.74 Å². The lowest BCUT2D eigenvalue weighted by atomic mass is 10.0. The van der Waals surface area contributed by atoms with Crippen LogP contribution in [-0.4, -0.2) is 49.4 Å². The van der Waals surface area contributed by atoms with Crippen LogP contribution >= 0.6 is 0 Å². The van der Waals surface area contributed by atoms with Crippen molar-refractivity contribution in [2.24, 2.45) is 0 Å². The van der Waals surface area contributed by atoms with Crippen molar-refractivity contribution in [1.29, 1.82) is 0 Å². The first-order valence-electron chi connectivity index (χ1n) is 5.97. The Hall–Kier alpha value is -1.40. The van der Waals surface area contributed by atoms with Gasteiger partial charge in [0.15, 0.2) is 0 Å². The number of hydrogen-bond acceptors (Lipinski definition) is 5. The number of morpholine rings is 1. The minimum Gasteiger partial charge on any atom is -0.378 e. The Morgan fingerprint density at radius 1 is 1.35 bits per heavy atom. The van der Waals surface area contributed by atoms with Gasteiger partial charge in [-0.2, -0.15) is 0 Å². The number of aromatic nitrogens is 2. The number of rotatable bonds is 2. The molecule has 0 saturated carbocycles. The average Bonchev–Trinajstić information content (AvgIpc) is 2.27. The third-order valence-corrected chi connectivity index (χ3v) is 3.25. The van der Waals surface area contributed by atoms with Gasteiger partial charge in [-0.15, -0.1) is 0 Å². The van der Waals surface area contributed by atoms with Gasteiger partial charge >= 0.3 is 0 Å². The predicted molar refractivity (Wildman–Crippen MR) is 63.5 cm³/mol. The van der Waals surface area contributed by atoms with Crippen LogP contribution in [0.5, 0.6) is 0 Å². The lowest BCUT2D eigenvalue weighted by molar-refractivity contribution is 0.122. The summed E-state index contributed by atoms with van der Waals surface area (Å²) in [7, 11) is 0. The summed E-state index contributed by atoms with van der Waals surface area (Å²) in [6.07, 6.45) is 0. The van der Waals surface area contributed by atoms with E-state index >= 15 is 0 Å². The fourth-order valence-corrected chi connectivity index (χ4v) is 2.09. The number of ether oxygens (including phenoxy) is 1. The van der Waals surface area contributed by atoms with E-state index in [-0.39, 0.29) is 5.56 Å². The molecule has 3 rings (SSSR count). The molecule has 2 aliphatic heterocycles. The lowest BCUT2D eigenvalue weighted by Crippen LogP contribution is -2.42. The summed E-state index contributed by atoms with van der Waals surface area (Å²) in [5.41, 5.74) is -0.0663. The molecule has 6 heteroatoms. The fraction of sp³-hybridized carbons (Fsp3) is 0.636. The van der Waals surface area contributed by atoms with Crippen molar-refractivity contribution in [3.8, 4) is 0 Å². The van der Waals surface area contributed by atoms with E-state index in [9.17, 15) is 4.79 Å². The normalized spacial score (nSPS) is 21.3. The average molecular weight is 236 g/mol. The highest BCUT2D eigenvalue weighted by Crippen LogP contribution is 2.17. The van der Waals surface area contributed by atoms with Gasteiger partial charge in [0.2, 0.25) is 0 Å². The van der Waals surface area contributed by atoms with Crippen LogP contribution in [0.4, 0.5) is 5.82 Å². The molecule has 0 aliphatic carbocycles. The zero-order valence-corrected chi connectivity index (χ0v) is 9.61. The quantitative estimate of drug-likeness (QED) is 0.710. The van der Waals surface area contributed by atoms with Crippen molar-refractivity contribution >= 4 is 5.82 Å². The Morgan fingerprint density at radius 3 is 2.76 bits per heavy atom. The van der Waals surface area contributed by atoms with Gasteiger partial charge in [-0.1, -0.05) is 0 Å². The summed E-state index contributed by atoms with van der Waals surface area (Å²) in [5, 5.41) is 3.18. The third-order valence-electron chi connectivity index (χ3n) is 3.25. The summed E-state index contributed by atoms with van der Waals surface area (Å²) in [4.78, 5) is 21.1. The highest BCUT2D eigenvalue weighted by atomic mass is 16.5. The second-order valence-corrected chi connectivity index (χ2v) is 4.44. The maximum Gasteiger partial charge on any atom is 0.252 e. The number of hydrogen-bond donors (Lipinski definition) is 2. The van der Waals surface area contributed by atoms with E-state index in [0.717, 1.165) is 37.8 Å². The molecule has 2 saturated heterocycles. The summed E-state index contributed by atoms with van der Waals surface area (Å²) in [5.74, 6) is 1.93.